The first-order chi connectivity index (χ1) is 9.83. The first-order valence-electron chi connectivity index (χ1n) is 9.17. The van der Waals surface area contributed by atoms with Gasteiger partial charge in [-0.2, -0.15) is 0 Å². The van der Waals surface area contributed by atoms with Crippen molar-refractivity contribution in [1.82, 2.24) is 4.90 Å². The molecule has 1 aliphatic rings. The second-order valence-corrected chi connectivity index (χ2v) is 8.00. The van der Waals surface area contributed by atoms with Crippen LogP contribution in [0.2, 0.25) is 0 Å². The number of hydrogen-bond acceptors (Lipinski definition) is 2. The molecule has 0 saturated carbocycles. The summed E-state index contributed by atoms with van der Waals surface area (Å²) in [6, 6.07) is 1.20. The summed E-state index contributed by atoms with van der Waals surface area (Å²) in [4.78, 5) is 2.57. The quantitative estimate of drug-likeness (QED) is 0.617. The molecule has 0 radical (unpaired) electrons. The molecule has 0 N–H and O–H groups in total. The van der Waals surface area contributed by atoms with Crippen molar-refractivity contribution in [3.63, 3.8) is 0 Å². The standard InChI is InChI=1S/C19H39NO/c1-8-10-12-15(3)17-13-19(5,6)18(14-21-17)20(7)16(4)11-9-2/h15-18H,8-14H2,1-7H3. The Bertz CT molecular complexity index is 289. The average molecular weight is 298 g/mol. The minimum atomic E-state index is 0.347. The molecular weight excluding hydrogens is 258 g/mol. The van der Waals surface area contributed by atoms with Crippen LogP contribution >= 0.6 is 0 Å². The first-order valence-corrected chi connectivity index (χ1v) is 9.17. The van der Waals surface area contributed by atoms with Gasteiger partial charge in [-0.25, -0.2) is 0 Å². The maximum absolute atomic E-state index is 6.29. The summed E-state index contributed by atoms with van der Waals surface area (Å²) < 4.78 is 6.29. The predicted octanol–water partition coefficient (Wildman–Crippen LogP) is 5.12. The maximum atomic E-state index is 6.29. The van der Waals surface area contributed by atoms with Crippen LogP contribution in [0.4, 0.5) is 0 Å². The molecular formula is C19H39NO. The summed E-state index contributed by atoms with van der Waals surface area (Å²) in [6.07, 6.45) is 8.13. The van der Waals surface area contributed by atoms with E-state index in [4.69, 9.17) is 4.74 Å². The second-order valence-electron chi connectivity index (χ2n) is 8.00. The molecule has 1 fully saturated rings. The monoisotopic (exact) mass is 297 g/mol. The minimum absolute atomic E-state index is 0.347. The number of nitrogens with zero attached hydrogens (tertiary/aromatic N) is 1. The Labute approximate surface area is 133 Å². The van der Waals surface area contributed by atoms with E-state index in [-0.39, 0.29) is 0 Å². The van der Waals surface area contributed by atoms with Crippen molar-refractivity contribution in [2.24, 2.45) is 11.3 Å². The highest BCUT2D eigenvalue weighted by Gasteiger charge is 2.41. The third-order valence-electron chi connectivity index (χ3n) is 5.64. The normalized spacial score (nSPS) is 28.6. The first kappa shape index (κ1) is 19.0. The van der Waals surface area contributed by atoms with Crippen molar-refractivity contribution < 1.29 is 4.74 Å². The summed E-state index contributed by atoms with van der Waals surface area (Å²) in [5, 5.41) is 0. The largest absolute Gasteiger partial charge is 0.376 e. The SMILES string of the molecule is CCCCC(C)C1CC(C)(C)C(N(C)C(C)CCC)CO1. The van der Waals surface area contributed by atoms with E-state index in [1.54, 1.807) is 0 Å². The van der Waals surface area contributed by atoms with Gasteiger partial charge >= 0.3 is 0 Å². The Morgan fingerprint density at radius 2 is 1.81 bits per heavy atom. The van der Waals surface area contributed by atoms with Gasteiger partial charge in [-0.05, 0) is 44.6 Å². The van der Waals surface area contributed by atoms with E-state index in [1.165, 1.54) is 38.5 Å². The molecule has 21 heavy (non-hydrogen) atoms. The van der Waals surface area contributed by atoms with Gasteiger partial charge in [-0.15, -0.1) is 0 Å². The van der Waals surface area contributed by atoms with Gasteiger partial charge in [0, 0.05) is 12.1 Å². The van der Waals surface area contributed by atoms with Crippen molar-refractivity contribution in [2.75, 3.05) is 13.7 Å². The molecule has 1 aliphatic heterocycles. The molecule has 126 valence electrons. The van der Waals surface area contributed by atoms with Gasteiger partial charge in [0.25, 0.3) is 0 Å². The van der Waals surface area contributed by atoms with Gasteiger partial charge in [0.2, 0.25) is 0 Å². The second kappa shape index (κ2) is 8.53. The molecule has 0 aromatic carbocycles. The topological polar surface area (TPSA) is 12.5 Å². The zero-order chi connectivity index (χ0) is 16.0. The summed E-state index contributed by atoms with van der Waals surface area (Å²) in [7, 11) is 2.29. The fourth-order valence-electron chi connectivity index (χ4n) is 3.83. The highest BCUT2D eigenvalue weighted by molar-refractivity contribution is 4.93. The van der Waals surface area contributed by atoms with E-state index >= 15 is 0 Å². The molecule has 0 aromatic heterocycles. The summed E-state index contributed by atoms with van der Waals surface area (Å²) in [6.45, 7) is 15.1. The van der Waals surface area contributed by atoms with Gasteiger partial charge in [0.15, 0.2) is 0 Å². The van der Waals surface area contributed by atoms with E-state index in [0.717, 1.165) is 6.61 Å². The van der Waals surface area contributed by atoms with Crippen LogP contribution < -0.4 is 0 Å². The molecule has 4 atom stereocenters. The molecule has 0 aromatic rings. The van der Waals surface area contributed by atoms with E-state index in [0.29, 0.717) is 29.5 Å². The summed E-state index contributed by atoms with van der Waals surface area (Å²) >= 11 is 0. The number of likely N-dealkylation sites (N-methyl/N-ethyl adjacent to an activating group) is 1. The Hall–Kier alpha value is -0.0800. The van der Waals surface area contributed by atoms with Crippen LogP contribution in [0.1, 0.15) is 80.1 Å². The molecule has 0 spiro atoms. The van der Waals surface area contributed by atoms with Crippen molar-refractivity contribution in [2.45, 2.75) is 98.3 Å². The molecule has 0 amide bonds. The lowest BCUT2D eigenvalue weighted by Crippen LogP contribution is -2.55. The maximum Gasteiger partial charge on any atom is 0.0630 e. The van der Waals surface area contributed by atoms with Gasteiger partial charge in [-0.1, -0.05) is 53.9 Å². The number of hydrogen-bond donors (Lipinski definition) is 0. The fourth-order valence-corrected chi connectivity index (χ4v) is 3.83. The third-order valence-corrected chi connectivity index (χ3v) is 5.64. The Kier molecular flexibility index (Phi) is 7.70. The Balaban J connectivity index is 2.61. The molecule has 0 aliphatic carbocycles. The molecule has 1 heterocycles. The lowest BCUT2D eigenvalue weighted by molar-refractivity contribution is -0.118. The lowest BCUT2D eigenvalue weighted by Gasteiger charge is -2.49. The van der Waals surface area contributed by atoms with Crippen LogP contribution in [-0.4, -0.2) is 36.7 Å². The van der Waals surface area contributed by atoms with Gasteiger partial charge < -0.3 is 4.74 Å². The van der Waals surface area contributed by atoms with Crippen LogP contribution in [-0.2, 0) is 4.74 Å². The molecule has 2 heteroatoms. The highest BCUT2D eigenvalue weighted by atomic mass is 16.5. The zero-order valence-corrected chi connectivity index (χ0v) is 15.6. The number of unbranched alkanes of at least 4 members (excludes halogenated alkanes) is 1. The van der Waals surface area contributed by atoms with E-state index in [2.05, 4.69) is 53.5 Å². The molecule has 4 unspecified atom stereocenters. The number of rotatable bonds is 8. The van der Waals surface area contributed by atoms with Gasteiger partial charge in [0.1, 0.15) is 0 Å². The van der Waals surface area contributed by atoms with Crippen molar-refractivity contribution in [1.29, 1.82) is 0 Å². The van der Waals surface area contributed by atoms with Gasteiger partial charge in [-0.3, -0.25) is 4.90 Å². The van der Waals surface area contributed by atoms with Crippen LogP contribution in [0.25, 0.3) is 0 Å². The summed E-state index contributed by atoms with van der Waals surface area (Å²) in [5.41, 5.74) is 0.347. The average Bonchev–Trinajstić information content (AvgIpc) is 2.43. The van der Waals surface area contributed by atoms with Crippen LogP contribution in [0, 0.1) is 11.3 Å². The third kappa shape index (κ3) is 5.25. The zero-order valence-electron chi connectivity index (χ0n) is 15.6. The molecule has 0 bridgehead atoms. The molecule has 2 nitrogen and oxygen atoms in total. The van der Waals surface area contributed by atoms with E-state index < -0.39 is 0 Å². The molecule has 1 rings (SSSR count). The Morgan fingerprint density at radius 1 is 1.14 bits per heavy atom. The van der Waals surface area contributed by atoms with Crippen molar-refractivity contribution >= 4 is 0 Å². The fraction of sp³-hybridized carbons (Fsp3) is 1.00. The van der Waals surface area contributed by atoms with Crippen molar-refractivity contribution in [3.05, 3.63) is 0 Å². The van der Waals surface area contributed by atoms with Crippen molar-refractivity contribution in [3.8, 4) is 0 Å². The Morgan fingerprint density at radius 3 is 2.33 bits per heavy atom. The van der Waals surface area contributed by atoms with E-state index in [1.807, 2.05) is 0 Å². The van der Waals surface area contributed by atoms with E-state index in [9.17, 15) is 0 Å². The highest BCUT2D eigenvalue weighted by Crippen LogP contribution is 2.39. The smallest absolute Gasteiger partial charge is 0.0630 e. The lowest BCUT2D eigenvalue weighted by atomic mass is 9.74. The van der Waals surface area contributed by atoms with Gasteiger partial charge in [0.05, 0.1) is 12.7 Å². The number of ether oxygens (including phenoxy) is 1. The van der Waals surface area contributed by atoms with Crippen LogP contribution in [0.5, 0.6) is 0 Å². The van der Waals surface area contributed by atoms with Crippen LogP contribution in [0.3, 0.4) is 0 Å². The predicted molar refractivity (Wildman–Crippen MR) is 92.7 cm³/mol. The van der Waals surface area contributed by atoms with Crippen LogP contribution in [0.15, 0.2) is 0 Å². The minimum Gasteiger partial charge on any atom is -0.376 e. The molecule has 1 saturated heterocycles. The summed E-state index contributed by atoms with van der Waals surface area (Å²) in [5.74, 6) is 0.698.